The van der Waals surface area contributed by atoms with Crippen molar-refractivity contribution in [1.29, 1.82) is 0 Å². The first kappa shape index (κ1) is 21.0. The molecule has 29 heavy (non-hydrogen) atoms. The molecular weight excluding hydrogens is 388 g/mol. The van der Waals surface area contributed by atoms with Gasteiger partial charge < -0.3 is 14.1 Å². The Balaban J connectivity index is 1.94. The quantitative estimate of drug-likeness (QED) is 0.494. The molecular formula is C21H26N4O3S. The Morgan fingerprint density at radius 3 is 2.69 bits per heavy atom. The summed E-state index contributed by atoms with van der Waals surface area (Å²) in [5.41, 5.74) is 0.887. The van der Waals surface area contributed by atoms with Gasteiger partial charge in [-0.15, -0.1) is 10.2 Å². The molecule has 0 aliphatic heterocycles. The van der Waals surface area contributed by atoms with E-state index in [9.17, 15) is 4.79 Å². The fourth-order valence-corrected chi connectivity index (χ4v) is 3.99. The number of benzene rings is 1. The van der Waals surface area contributed by atoms with E-state index in [-0.39, 0.29) is 11.2 Å². The summed E-state index contributed by atoms with van der Waals surface area (Å²) >= 11 is 1.41. The highest BCUT2D eigenvalue weighted by atomic mass is 32.2. The Morgan fingerprint density at radius 1 is 1.24 bits per heavy atom. The summed E-state index contributed by atoms with van der Waals surface area (Å²) in [6, 6.07) is 11.4. The number of nitrogens with zero attached hydrogens (tertiary/aromatic N) is 4. The number of hydrogen-bond acceptors (Lipinski definition) is 6. The van der Waals surface area contributed by atoms with Crippen LogP contribution < -0.4 is 4.74 Å². The van der Waals surface area contributed by atoms with Gasteiger partial charge in [-0.05, 0) is 45.0 Å². The smallest absolute Gasteiger partial charge is 0.235 e. The van der Waals surface area contributed by atoms with Crippen molar-refractivity contribution in [3.8, 4) is 17.1 Å². The molecule has 0 spiro atoms. The molecule has 0 radical (unpaired) electrons. The van der Waals surface area contributed by atoms with E-state index in [0.29, 0.717) is 30.6 Å². The van der Waals surface area contributed by atoms with Gasteiger partial charge in [0.2, 0.25) is 5.91 Å². The van der Waals surface area contributed by atoms with E-state index >= 15 is 0 Å². The average Bonchev–Trinajstić information content (AvgIpc) is 3.39. The van der Waals surface area contributed by atoms with Gasteiger partial charge in [-0.3, -0.25) is 9.36 Å². The van der Waals surface area contributed by atoms with Crippen molar-refractivity contribution in [2.45, 2.75) is 37.7 Å². The number of hydrogen-bond donors (Lipinski definition) is 0. The topological polar surface area (TPSA) is 73.4 Å². The van der Waals surface area contributed by atoms with E-state index in [2.05, 4.69) is 10.2 Å². The molecule has 1 amide bonds. The van der Waals surface area contributed by atoms with E-state index in [0.717, 1.165) is 17.1 Å². The lowest BCUT2D eigenvalue weighted by Gasteiger charge is -2.22. The molecule has 0 fully saturated rings. The number of furan rings is 1. The molecule has 0 saturated heterocycles. The van der Waals surface area contributed by atoms with E-state index in [4.69, 9.17) is 9.15 Å². The van der Waals surface area contributed by atoms with E-state index in [1.807, 2.05) is 66.6 Å². The number of ether oxygens (including phenoxy) is 1. The third-order valence-corrected chi connectivity index (χ3v) is 5.71. The van der Waals surface area contributed by atoms with Crippen molar-refractivity contribution in [1.82, 2.24) is 19.7 Å². The summed E-state index contributed by atoms with van der Waals surface area (Å²) in [6.07, 6.45) is 1.64. The van der Waals surface area contributed by atoms with Gasteiger partial charge in [-0.1, -0.05) is 23.9 Å². The van der Waals surface area contributed by atoms with Gasteiger partial charge >= 0.3 is 0 Å². The van der Waals surface area contributed by atoms with Gasteiger partial charge in [0.1, 0.15) is 11.5 Å². The summed E-state index contributed by atoms with van der Waals surface area (Å²) in [7, 11) is 1.63. The average molecular weight is 415 g/mol. The Kier molecular flexibility index (Phi) is 6.98. The number of methoxy groups -OCH3 is 1. The lowest BCUT2D eigenvalue weighted by Crippen LogP contribution is -2.36. The van der Waals surface area contributed by atoms with Crippen LogP contribution in [0.15, 0.2) is 52.2 Å². The first-order valence-electron chi connectivity index (χ1n) is 9.62. The van der Waals surface area contributed by atoms with E-state index in [1.165, 1.54) is 11.8 Å². The molecule has 0 aliphatic carbocycles. The van der Waals surface area contributed by atoms with Crippen LogP contribution in [0.25, 0.3) is 11.4 Å². The Morgan fingerprint density at radius 2 is 2.03 bits per heavy atom. The highest BCUT2D eigenvalue weighted by molar-refractivity contribution is 8.00. The molecule has 154 valence electrons. The zero-order chi connectivity index (χ0) is 20.8. The van der Waals surface area contributed by atoms with Gasteiger partial charge in [0.15, 0.2) is 11.0 Å². The van der Waals surface area contributed by atoms with Crippen LogP contribution in [0.3, 0.4) is 0 Å². The third kappa shape index (κ3) is 4.82. The second-order valence-electron chi connectivity index (χ2n) is 6.47. The maximum absolute atomic E-state index is 12.7. The number of carbonyl (C=O) groups excluding carboxylic acids is 1. The summed E-state index contributed by atoms with van der Waals surface area (Å²) in [6.45, 7) is 7.73. The normalized spacial score (nSPS) is 12.0. The Labute approximate surface area is 175 Å². The van der Waals surface area contributed by atoms with E-state index in [1.54, 1.807) is 13.4 Å². The van der Waals surface area contributed by atoms with Crippen molar-refractivity contribution >= 4 is 17.7 Å². The highest BCUT2D eigenvalue weighted by Gasteiger charge is 2.24. The molecule has 3 rings (SSSR count). The molecule has 0 N–H and O–H groups in total. The predicted octanol–water partition coefficient (Wildman–Crippen LogP) is 3.94. The first-order chi connectivity index (χ1) is 14.1. The number of carbonyl (C=O) groups is 1. The minimum absolute atomic E-state index is 0.0930. The van der Waals surface area contributed by atoms with Crippen molar-refractivity contribution in [2.75, 3.05) is 20.2 Å². The zero-order valence-corrected chi connectivity index (χ0v) is 18.0. The van der Waals surface area contributed by atoms with Crippen LogP contribution in [0.4, 0.5) is 0 Å². The summed E-state index contributed by atoms with van der Waals surface area (Å²) in [5.74, 6) is 2.33. The van der Waals surface area contributed by atoms with Crippen LogP contribution in [0.2, 0.25) is 0 Å². The number of amides is 1. The standard InChI is InChI=1S/C21H26N4O3S/c1-5-24(6-2)20(26)15(3)29-21-23-22-19(16-9-7-10-17(13-16)27-4)25(21)14-18-11-8-12-28-18/h7-13,15H,5-6,14H2,1-4H3. The Hall–Kier alpha value is -2.74. The van der Waals surface area contributed by atoms with Gasteiger partial charge in [0, 0.05) is 18.7 Å². The van der Waals surface area contributed by atoms with Crippen LogP contribution in [0.1, 0.15) is 26.5 Å². The fourth-order valence-electron chi connectivity index (χ4n) is 3.05. The number of thioether (sulfide) groups is 1. The fraction of sp³-hybridized carbons (Fsp3) is 0.381. The Bertz CT molecular complexity index is 935. The van der Waals surface area contributed by atoms with Crippen LogP contribution in [-0.4, -0.2) is 51.0 Å². The molecule has 2 aromatic heterocycles. The molecule has 1 aromatic carbocycles. The second kappa shape index (κ2) is 9.65. The summed E-state index contributed by atoms with van der Waals surface area (Å²) in [5, 5.41) is 9.20. The molecule has 8 heteroatoms. The molecule has 0 saturated carbocycles. The molecule has 3 aromatic rings. The lowest BCUT2D eigenvalue weighted by atomic mass is 10.2. The van der Waals surface area contributed by atoms with Gasteiger partial charge in [0.05, 0.1) is 25.2 Å². The molecule has 0 aliphatic rings. The molecule has 1 unspecified atom stereocenters. The molecule has 2 heterocycles. The number of rotatable bonds is 9. The zero-order valence-electron chi connectivity index (χ0n) is 17.2. The monoisotopic (exact) mass is 414 g/mol. The van der Waals surface area contributed by atoms with Crippen LogP contribution in [-0.2, 0) is 11.3 Å². The van der Waals surface area contributed by atoms with Crippen molar-refractivity contribution in [3.63, 3.8) is 0 Å². The highest BCUT2D eigenvalue weighted by Crippen LogP contribution is 2.30. The maximum Gasteiger partial charge on any atom is 0.235 e. The maximum atomic E-state index is 12.7. The second-order valence-corrected chi connectivity index (χ2v) is 7.78. The third-order valence-electron chi connectivity index (χ3n) is 4.64. The van der Waals surface area contributed by atoms with Crippen LogP contribution in [0.5, 0.6) is 5.75 Å². The van der Waals surface area contributed by atoms with Crippen molar-refractivity contribution in [2.24, 2.45) is 0 Å². The largest absolute Gasteiger partial charge is 0.497 e. The SMILES string of the molecule is CCN(CC)C(=O)C(C)Sc1nnc(-c2cccc(OC)c2)n1Cc1ccco1. The number of aromatic nitrogens is 3. The van der Waals surface area contributed by atoms with Crippen molar-refractivity contribution < 1.29 is 13.9 Å². The minimum Gasteiger partial charge on any atom is -0.497 e. The van der Waals surface area contributed by atoms with Crippen LogP contribution >= 0.6 is 11.8 Å². The van der Waals surface area contributed by atoms with Crippen molar-refractivity contribution in [3.05, 3.63) is 48.4 Å². The molecule has 0 bridgehead atoms. The summed E-state index contributed by atoms with van der Waals surface area (Å²) in [4.78, 5) is 14.5. The molecule has 1 atom stereocenters. The van der Waals surface area contributed by atoms with Gasteiger partial charge in [0.25, 0.3) is 0 Å². The lowest BCUT2D eigenvalue weighted by molar-refractivity contribution is -0.129. The van der Waals surface area contributed by atoms with Gasteiger partial charge in [-0.25, -0.2) is 0 Å². The summed E-state index contributed by atoms with van der Waals surface area (Å²) < 4.78 is 12.9. The minimum atomic E-state index is -0.271. The predicted molar refractivity (Wildman–Crippen MR) is 113 cm³/mol. The van der Waals surface area contributed by atoms with E-state index < -0.39 is 0 Å². The molecule has 7 nitrogen and oxygen atoms in total. The van der Waals surface area contributed by atoms with Crippen LogP contribution in [0, 0.1) is 0 Å². The first-order valence-corrected chi connectivity index (χ1v) is 10.5. The van der Waals surface area contributed by atoms with Gasteiger partial charge in [-0.2, -0.15) is 0 Å².